The zero-order valence-corrected chi connectivity index (χ0v) is 73.8. The van der Waals surface area contributed by atoms with E-state index in [-0.39, 0.29) is 38.8 Å². The van der Waals surface area contributed by atoms with Crippen molar-refractivity contribution >= 4 is 106 Å². The van der Waals surface area contributed by atoms with E-state index in [0.717, 1.165) is 62.3 Å². The first-order valence-electron chi connectivity index (χ1n) is 42.0. The number of primary amides is 3. The van der Waals surface area contributed by atoms with Gasteiger partial charge in [0.2, 0.25) is 94.5 Å². The van der Waals surface area contributed by atoms with E-state index in [1.807, 2.05) is 0 Å². The highest BCUT2D eigenvalue weighted by Crippen LogP contribution is 2.37. The highest BCUT2D eigenvalue weighted by atomic mass is 16.8. The number of nitrogens with two attached hydrogens (primary N) is 5. The number of ether oxygens (including phenoxy) is 9. The van der Waals surface area contributed by atoms with Crippen LogP contribution in [0.2, 0.25) is 0 Å². The van der Waals surface area contributed by atoms with Gasteiger partial charge in [0.1, 0.15) is 158 Å². The Labute approximate surface area is 750 Å². The third-order valence-corrected chi connectivity index (χ3v) is 21.1. The van der Waals surface area contributed by atoms with E-state index in [4.69, 9.17) is 71.3 Å². The first-order chi connectivity index (χ1) is 61.4. The van der Waals surface area contributed by atoms with Crippen LogP contribution in [-0.4, -0.2) is 386 Å². The molecule has 0 bridgehead atoms. The Bertz CT molecular complexity index is 3900. The molecular formula is C76H128N18O37. The van der Waals surface area contributed by atoms with Crippen LogP contribution in [0, 0.1) is 0 Å². The predicted octanol–water partition coefficient (Wildman–Crippen LogP) is -15.1. The number of carbonyl (C=O) groups excluding carboxylic acids is 16. The van der Waals surface area contributed by atoms with Crippen molar-refractivity contribution in [1.29, 1.82) is 0 Å². The number of aliphatic carboxylic acids is 2. The van der Waals surface area contributed by atoms with E-state index in [9.17, 15) is 137 Å². The van der Waals surface area contributed by atoms with Crippen LogP contribution in [0.3, 0.4) is 0 Å². The van der Waals surface area contributed by atoms with E-state index in [2.05, 4.69) is 69.1 Å². The molecule has 0 spiro atoms. The second-order valence-corrected chi connectivity index (χ2v) is 31.8. The first-order valence-corrected chi connectivity index (χ1v) is 42.0. The molecule has 0 saturated carbocycles. The van der Waals surface area contributed by atoms with Crippen LogP contribution in [0.4, 0.5) is 0 Å². The second-order valence-electron chi connectivity index (χ2n) is 31.8. The molecule has 16 amide bonds. The molecule has 744 valence electrons. The van der Waals surface area contributed by atoms with Gasteiger partial charge in [0.05, 0.1) is 38.9 Å². The molecule has 55 heteroatoms. The predicted molar refractivity (Wildman–Crippen MR) is 439 cm³/mol. The lowest BCUT2D eigenvalue weighted by molar-refractivity contribution is -0.365. The first kappa shape index (κ1) is 113. The molecule has 0 aromatic heterocycles. The number of carboxylic acid groups (broad SMARTS) is 2. The van der Waals surface area contributed by atoms with Crippen molar-refractivity contribution in [1.82, 2.24) is 69.1 Å². The van der Waals surface area contributed by atoms with Crippen LogP contribution in [0.25, 0.3) is 0 Å². The van der Waals surface area contributed by atoms with Gasteiger partial charge < -0.3 is 191 Å². The van der Waals surface area contributed by atoms with Gasteiger partial charge in [-0.25, -0.2) is 0 Å². The molecule has 0 radical (unpaired) electrons. The van der Waals surface area contributed by atoms with Gasteiger partial charge in [-0.05, 0) is 99.5 Å². The zero-order valence-electron chi connectivity index (χ0n) is 73.8. The molecule has 55 nitrogen and oxygen atoms in total. The van der Waals surface area contributed by atoms with E-state index in [1.165, 1.54) is 6.92 Å². The minimum Gasteiger partial charge on any atom is -0.480 e. The number of hydrogen-bond acceptors (Lipinski definition) is 37. The standard InChI is InChI=1S/C76H128N18O37/c1-28(65(112)93-39(63(80)110)17-19-47(103)91-41(15-11-13-21-77)69(116)85-30(3)71(118)119)83-67(114)32(5)123-60-52(89-36(9)101)73(122)125-45(26-97)58(60)130-75-51(88-35(8)100)56(108)57(44(25-96)127-75)129-76-53(90-37(10)102)61(59(46(27-98)128-76)131-74-50(87-34(7)99)55(107)54(106)43(24-95)126-74)124-33(6)68(115)84-29(2)66(113)94-40(64(81)111)18-20-48(104)92-42(70(117)86-31(4)72(120)121)16-12-14-22-82-49(105)23-38(78)62(79)109/h28-33,38-46,50-61,73-76,95-98,106-108,122H,11-27,77-78H2,1-10H3,(H2,79,109)(H2,80,110)(H2,81,111)(H,82,105)(H,83,114)(H,84,115)(H,85,116)(H,86,117)(H,87,99)(H,88,100)(H,89,101)(H,90,102)(H,91,103)(H,92,104)(H,93,112)(H,94,113)(H,118,119)(H,120,121). The topological polar surface area (TPSA) is 879 Å². The average molecular weight is 1890 g/mol. The van der Waals surface area contributed by atoms with Crippen molar-refractivity contribution in [2.24, 2.45) is 28.7 Å². The third kappa shape index (κ3) is 35.3. The second kappa shape index (κ2) is 54.6. The van der Waals surface area contributed by atoms with Crippen LogP contribution in [0.5, 0.6) is 0 Å². The monoisotopic (exact) mass is 1880 g/mol. The summed E-state index contributed by atoms with van der Waals surface area (Å²) in [6.07, 6.45) is -37.2. The normalized spacial score (nSPS) is 27.8. The SMILES string of the molecule is CC(=O)NC1C(OC2C(CO)OC(OC3C(CO)OC(OC4C(CO)OC(O)C(NC(C)=O)C4OC(C)C(=O)NC(C)C(=O)NC(CCC(=O)NC(CCCCN)C(=O)NC(C)C(=O)O)C(N)=O)C(NC(C)=O)C3O)C(NC(C)=O)C2OC(C)C(=O)NC(C)C(=O)NC(CCC(=O)NC(CCCCNC(=O)CC(N)C(N)=O)C(=O)NC(C)C(=O)O)C(N)=O)OC(CO)C(O)C1O. The highest BCUT2D eigenvalue weighted by molar-refractivity contribution is 5.95. The number of hydrogen-bond donors (Lipinski definition) is 28. The molecule has 31 atom stereocenters. The summed E-state index contributed by atoms with van der Waals surface area (Å²) in [6, 6.07) is -20.7. The van der Waals surface area contributed by atoms with Gasteiger partial charge in [0.25, 0.3) is 0 Å². The van der Waals surface area contributed by atoms with Gasteiger partial charge in [-0.1, -0.05) is 0 Å². The lowest BCUT2D eigenvalue weighted by Gasteiger charge is -2.52. The van der Waals surface area contributed by atoms with Crippen molar-refractivity contribution in [3.8, 4) is 0 Å². The van der Waals surface area contributed by atoms with Crippen molar-refractivity contribution < 1.29 is 180 Å². The van der Waals surface area contributed by atoms with Crippen molar-refractivity contribution in [3.63, 3.8) is 0 Å². The summed E-state index contributed by atoms with van der Waals surface area (Å²) < 4.78 is 55.9. The molecule has 4 aliphatic rings. The summed E-state index contributed by atoms with van der Waals surface area (Å²) in [6.45, 7) is 6.37. The number of aliphatic hydroxyl groups excluding tert-OH is 8. The van der Waals surface area contributed by atoms with Crippen LogP contribution < -0.4 is 97.8 Å². The smallest absolute Gasteiger partial charge is 0.325 e. The number of aliphatic hydroxyl groups is 8. The minimum atomic E-state index is -2.27. The van der Waals surface area contributed by atoms with E-state index >= 15 is 0 Å². The summed E-state index contributed by atoms with van der Waals surface area (Å²) >= 11 is 0. The van der Waals surface area contributed by atoms with Crippen molar-refractivity contribution in [3.05, 3.63) is 0 Å². The zero-order chi connectivity index (χ0) is 98.9. The highest BCUT2D eigenvalue weighted by Gasteiger charge is 2.58. The number of carbonyl (C=O) groups is 18. The Morgan fingerprint density at radius 2 is 0.725 bits per heavy atom. The molecule has 33 N–H and O–H groups in total. The summed E-state index contributed by atoms with van der Waals surface area (Å²) in [5.74, 6) is -18.4. The molecule has 0 aliphatic carbocycles. The van der Waals surface area contributed by atoms with E-state index < -0.39 is 354 Å². The summed E-state index contributed by atoms with van der Waals surface area (Å²) in [7, 11) is 0. The molecular weight excluding hydrogens is 1760 g/mol. The Morgan fingerprint density at radius 1 is 0.366 bits per heavy atom. The molecule has 4 heterocycles. The minimum absolute atomic E-state index is 0.0142. The van der Waals surface area contributed by atoms with E-state index in [1.54, 1.807) is 0 Å². The molecule has 4 aliphatic heterocycles. The quantitative estimate of drug-likeness (QED) is 0.0251. The largest absolute Gasteiger partial charge is 0.480 e. The fourth-order valence-corrected chi connectivity index (χ4v) is 13.9. The molecule has 0 aromatic rings. The Kier molecular flexibility index (Phi) is 47.1. The molecule has 31 unspecified atom stereocenters. The maximum absolute atomic E-state index is 14.5. The molecule has 4 saturated heterocycles. The van der Waals surface area contributed by atoms with Crippen LogP contribution in [0.1, 0.15) is 140 Å². The van der Waals surface area contributed by atoms with E-state index in [0.29, 0.717) is 12.8 Å². The van der Waals surface area contributed by atoms with Crippen molar-refractivity contribution in [2.75, 3.05) is 39.5 Å². The van der Waals surface area contributed by atoms with Gasteiger partial charge in [0, 0.05) is 47.1 Å². The molecule has 4 fully saturated rings. The van der Waals surface area contributed by atoms with Crippen LogP contribution >= 0.6 is 0 Å². The summed E-state index contributed by atoms with van der Waals surface area (Å²) in [4.78, 5) is 234. The Morgan fingerprint density at radius 3 is 1.12 bits per heavy atom. The van der Waals surface area contributed by atoms with Crippen LogP contribution in [0.15, 0.2) is 0 Å². The maximum atomic E-state index is 14.5. The van der Waals surface area contributed by atoms with Gasteiger partial charge in [-0.15, -0.1) is 0 Å². The van der Waals surface area contributed by atoms with Gasteiger partial charge >= 0.3 is 11.9 Å². The van der Waals surface area contributed by atoms with Crippen LogP contribution in [-0.2, 0) is 129 Å². The van der Waals surface area contributed by atoms with Gasteiger partial charge in [-0.3, -0.25) is 86.3 Å². The fraction of sp³-hybridized carbons (Fsp3) is 0.763. The van der Waals surface area contributed by atoms with Gasteiger partial charge in [0.15, 0.2) is 25.2 Å². The number of nitrogens with one attached hydrogen (secondary N) is 13. The Balaban J connectivity index is 1.68. The lowest BCUT2D eigenvalue weighted by atomic mass is 9.92. The summed E-state index contributed by atoms with van der Waals surface area (Å²) in [5.41, 5.74) is 27.5. The Hall–Kier alpha value is -10.3. The third-order valence-electron chi connectivity index (χ3n) is 21.1. The van der Waals surface area contributed by atoms with Gasteiger partial charge in [-0.2, -0.15) is 0 Å². The fourth-order valence-electron chi connectivity index (χ4n) is 13.9. The molecule has 131 heavy (non-hydrogen) atoms. The maximum Gasteiger partial charge on any atom is 0.325 e. The number of unbranched alkanes of at least 4 members (excludes halogenated alkanes) is 2. The number of carboxylic acids is 2. The lowest BCUT2D eigenvalue weighted by Crippen LogP contribution is -2.72. The van der Waals surface area contributed by atoms with Crippen molar-refractivity contribution in [2.45, 2.75) is 329 Å². The number of amides is 16. The molecule has 0 aromatic carbocycles. The average Bonchev–Trinajstić information content (AvgIpc) is 0.758. The summed E-state index contributed by atoms with van der Waals surface area (Å²) in [5, 5.41) is 140. The number of rotatable bonds is 54. The molecule has 4 rings (SSSR count).